The zero-order valence-corrected chi connectivity index (χ0v) is 12.3. The third kappa shape index (κ3) is 1.48. The fraction of sp³-hybridized carbons (Fsp3) is 0.412. The third-order valence-electron chi connectivity index (χ3n) is 5.53. The highest BCUT2D eigenvalue weighted by atomic mass is 16.5. The fourth-order valence-electron chi connectivity index (χ4n) is 4.55. The molecule has 22 heavy (non-hydrogen) atoms. The number of rotatable bonds is 3. The summed E-state index contributed by atoms with van der Waals surface area (Å²) in [5.74, 6) is 0.613. The lowest BCUT2D eigenvalue weighted by molar-refractivity contribution is -0.120. The van der Waals surface area contributed by atoms with E-state index >= 15 is 0 Å². The molecule has 1 amide bonds. The number of phenolic OH excluding ortho intramolecular Hbond substituents is 1. The summed E-state index contributed by atoms with van der Waals surface area (Å²) < 4.78 is 5.08. The quantitative estimate of drug-likeness (QED) is 0.865. The van der Waals surface area contributed by atoms with Crippen LogP contribution in [0.1, 0.15) is 24.4 Å². The second-order valence-electron chi connectivity index (χ2n) is 6.59. The number of allylic oxidation sites excluding steroid dienone is 1. The summed E-state index contributed by atoms with van der Waals surface area (Å²) in [5, 5.41) is 10.0. The van der Waals surface area contributed by atoms with Gasteiger partial charge in [-0.2, -0.15) is 0 Å². The molecule has 5 heteroatoms. The minimum absolute atomic E-state index is 0.0660. The summed E-state index contributed by atoms with van der Waals surface area (Å²) in [7, 11) is 1.50. The van der Waals surface area contributed by atoms with E-state index in [2.05, 4.69) is 0 Å². The van der Waals surface area contributed by atoms with Crippen molar-refractivity contribution >= 4 is 12.2 Å². The maximum absolute atomic E-state index is 11.8. The van der Waals surface area contributed by atoms with Crippen LogP contribution in [-0.4, -0.2) is 35.9 Å². The number of carbonyl (C=O) groups excluding carboxylic acids is 2. The van der Waals surface area contributed by atoms with Gasteiger partial charge < -0.3 is 14.7 Å². The molecule has 114 valence electrons. The van der Waals surface area contributed by atoms with Gasteiger partial charge in [-0.3, -0.25) is 9.59 Å². The van der Waals surface area contributed by atoms with Crippen molar-refractivity contribution in [2.45, 2.75) is 18.9 Å². The zero-order chi connectivity index (χ0) is 15.5. The van der Waals surface area contributed by atoms with Gasteiger partial charge in [0, 0.05) is 23.8 Å². The number of hydrogen-bond donors (Lipinski definition) is 1. The average molecular weight is 299 g/mol. The van der Waals surface area contributed by atoms with Gasteiger partial charge in [-0.25, -0.2) is 0 Å². The predicted molar refractivity (Wildman–Crippen MR) is 78.4 cm³/mol. The molecule has 3 atom stereocenters. The van der Waals surface area contributed by atoms with Crippen molar-refractivity contribution < 1.29 is 19.4 Å². The molecule has 2 aliphatic carbocycles. The standard InChI is InChI=1S/C17H17NO4/c1-22-14-3-2-11(6-13(14)21)15-17-5-4-12(20)7-16(17,8-17)9-18(15)10-19/h2-6,10,15,21H,7-9H2,1H3/t15-,16+,17+/m1/s1. The first-order valence-electron chi connectivity index (χ1n) is 7.35. The normalized spacial score (nSPS) is 35.0. The highest BCUT2D eigenvalue weighted by molar-refractivity contribution is 5.93. The molecule has 0 radical (unpaired) electrons. The van der Waals surface area contributed by atoms with E-state index in [1.807, 2.05) is 12.1 Å². The summed E-state index contributed by atoms with van der Waals surface area (Å²) in [6.07, 6.45) is 5.91. The number of methoxy groups -OCH3 is 1. The van der Waals surface area contributed by atoms with E-state index < -0.39 is 0 Å². The number of amides is 1. The van der Waals surface area contributed by atoms with Gasteiger partial charge in [-0.05, 0) is 30.2 Å². The minimum atomic E-state index is -0.164. The van der Waals surface area contributed by atoms with Crippen molar-refractivity contribution in [2.24, 2.45) is 10.8 Å². The van der Waals surface area contributed by atoms with E-state index in [1.54, 1.807) is 23.1 Å². The van der Waals surface area contributed by atoms with Crippen LogP contribution in [0, 0.1) is 10.8 Å². The lowest BCUT2D eigenvalue weighted by Gasteiger charge is -2.28. The molecule has 5 nitrogen and oxygen atoms in total. The average Bonchev–Trinajstić information content (AvgIpc) is 3.06. The Morgan fingerprint density at radius 1 is 1.45 bits per heavy atom. The van der Waals surface area contributed by atoms with Crippen molar-refractivity contribution in [3.8, 4) is 11.5 Å². The number of ether oxygens (including phenoxy) is 1. The monoisotopic (exact) mass is 299 g/mol. The Bertz CT molecular complexity index is 713. The topological polar surface area (TPSA) is 66.8 Å². The number of carbonyl (C=O) groups is 2. The molecule has 1 N–H and O–H groups in total. The van der Waals surface area contributed by atoms with Gasteiger partial charge in [-0.1, -0.05) is 12.1 Å². The summed E-state index contributed by atoms with van der Waals surface area (Å²) in [5.41, 5.74) is 0.603. The van der Waals surface area contributed by atoms with Gasteiger partial charge in [0.1, 0.15) is 0 Å². The Kier molecular flexibility index (Phi) is 2.50. The highest BCUT2D eigenvalue weighted by Crippen LogP contribution is 2.78. The molecule has 0 unspecified atom stereocenters. The number of benzene rings is 1. The molecule has 1 aromatic carbocycles. The first-order valence-corrected chi connectivity index (χ1v) is 7.35. The number of hydrogen-bond acceptors (Lipinski definition) is 4. The van der Waals surface area contributed by atoms with Gasteiger partial charge in [-0.15, -0.1) is 0 Å². The van der Waals surface area contributed by atoms with Crippen molar-refractivity contribution in [1.82, 2.24) is 4.90 Å². The Morgan fingerprint density at radius 2 is 2.27 bits per heavy atom. The van der Waals surface area contributed by atoms with Gasteiger partial charge in [0.25, 0.3) is 0 Å². The lowest BCUT2D eigenvalue weighted by atomic mass is 9.80. The van der Waals surface area contributed by atoms with Gasteiger partial charge in [0.15, 0.2) is 17.3 Å². The maximum atomic E-state index is 11.8. The molecule has 2 fully saturated rings. The minimum Gasteiger partial charge on any atom is -0.504 e. The van der Waals surface area contributed by atoms with Gasteiger partial charge in [0.2, 0.25) is 6.41 Å². The summed E-state index contributed by atoms with van der Waals surface area (Å²) in [6, 6.07) is 5.12. The van der Waals surface area contributed by atoms with E-state index in [-0.39, 0.29) is 28.4 Å². The Labute approximate surface area is 128 Å². The summed E-state index contributed by atoms with van der Waals surface area (Å²) in [6.45, 7) is 0.601. The van der Waals surface area contributed by atoms with E-state index in [1.165, 1.54) is 7.11 Å². The molecule has 1 saturated carbocycles. The van der Waals surface area contributed by atoms with Crippen LogP contribution in [0.4, 0.5) is 0 Å². The Balaban J connectivity index is 1.80. The molecule has 3 aliphatic rings. The van der Waals surface area contributed by atoms with Gasteiger partial charge >= 0.3 is 0 Å². The van der Waals surface area contributed by atoms with E-state index in [0.29, 0.717) is 18.7 Å². The molecule has 0 bridgehead atoms. The second kappa shape index (κ2) is 4.12. The molecule has 0 spiro atoms. The number of aromatic hydroxyl groups is 1. The largest absolute Gasteiger partial charge is 0.504 e. The Hall–Kier alpha value is -2.30. The van der Waals surface area contributed by atoms with Crippen LogP contribution in [0.25, 0.3) is 0 Å². The van der Waals surface area contributed by atoms with Crippen LogP contribution in [0.15, 0.2) is 30.4 Å². The smallest absolute Gasteiger partial charge is 0.210 e. The second-order valence-corrected chi connectivity index (χ2v) is 6.59. The molecule has 1 heterocycles. The Morgan fingerprint density at radius 3 is 2.95 bits per heavy atom. The lowest BCUT2D eigenvalue weighted by Crippen LogP contribution is -2.28. The summed E-state index contributed by atoms with van der Waals surface area (Å²) >= 11 is 0. The number of piperidine rings is 1. The van der Waals surface area contributed by atoms with Gasteiger partial charge in [0.05, 0.1) is 13.2 Å². The van der Waals surface area contributed by atoms with E-state index in [4.69, 9.17) is 4.74 Å². The molecular formula is C17H17NO4. The molecule has 1 saturated heterocycles. The molecule has 4 rings (SSSR count). The maximum Gasteiger partial charge on any atom is 0.210 e. The number of likely N-dealkylation sites (tertiary alicyclic amines) is 1. The van der Waals surface area contributed by atoms with Crippen LogP contribution in [0.3, 0.4) is 0 Å². The van der Waals surface area contributed by atoms with Crippen molar-refractivity contribution in [3.63, 3.8) is 0 Å². The van der Waals surface area contributed by atoms with Crippen LogP contribution < -0.4 is 4.74 Å². The predicted octanol–water partition coefficient (Wildman–Crippen LogP) is 1.82. The first-order chi connectivity index (χ1) is 10.5. The molecule has 1 aliphatic heterocycles. The molecule has 1 aromatic rings. The zero-order valence-electron chi connectivity index (χ0n) is 12.3. The first kappa shape index (κ1) is 13.4. The van der Waals surface area contributed by atoms with Crippen molar-refractivity contribution in [3.05, 3.63) is 35.9 Å². The fourth-order valence-corrected chi connectivity index (χ4v) is 4.55. The SMILES string of the molecule is COc1ccc([C@H]2N(C=O)C[C@@]34CC(=O)C=C[C@]23C4)cc1O. The highest BCUT2D eigenvalue weighted by Gasteiger charge is 2.76. The van der Waals surface area contributed by atoms with Crippen LogP contribution in [0.5, 0.6) is 11.5 Å². The van der Waals surface area contributed by atoms with Crippen molar-refractivity contribution in [2.75, 3.05) is 13.7 Å². The molecular weight excluding hydrogens is 282 g/mol. The van der Waals surface area contributed by atoms with Crippen molar-refractivity contribution in [1.29, 1.82) is 0 Å². The van der Waals surface area contributed by atoms with E-state index in [0.717, 1.165) is 18.4 Å². The number of phenols is 1. The third-order valence-corrected chi connectivity index (χ3v) is 5.53. The van der Waals surface area contributed by atoms with Crippen LogP contribution in [0.2, 0.25) is 0 Å². The van der Waals surface area contributed by atoms with Crippen LogP contribution >= 0.6 is 0 Å². The summed E-state index contributed by atoms with van der Waals surface area (Å²) in [4.78, 5) is 25.0. The number of nitrogens with zero attached hydrogens (tertiary/aromatic N) is 1. The number of ketones is 1. The van der Waals surface area contributed by atoms with E-state index in [9.17, 15) is 14.7 Å². The molecule has 0 aromatic heterocycles. The van der Waals surface area contributed by atoms with Crippen LogP contribution in [-0.2, 0) is 9.59 Å².